The van der Waals surface area contributed by atoms with Gasteiger partial charge in [0.2, 0.25) is 0 Å². The predicted molar refractivity (Wildman–Crippen MR) is 138 cm³/mol. The zero-order valence-corrected chi connectivity index (χ0v) is 19.6. The monoisotopic (exact) mass is 460 g/mol. The van der Waals surface area contributed by atoms with Crippen LogP contribution < -0.4 is 5.32 Å². The number of hydrogen-bond donors (Lipinski definition) is 2. The Labute approximate surface area is 192 Å². The molecule has 1 atom stereocenters. The van der Waals surface area contributed by atoms with Gasteiger partial charge in [0.25, 0.3) is 5.91 Å². The largest absolute Gasteiger partial charge is 0.362 e. The quantitative estimate of drug-likeness (QED) is 0.294. The van der Waals surface area contributed by atoms with E-state index in [4.69, 9.17) is 0 Å². The average molecular weight is 461 g/mol. The molecule has 0 spiro atoms. The van der Waals surface area contributed by atoms with E-state index in [1.54, 1.807) is 6.26 Å². The third-order valence-electron chi connectivity index (χ3n) is 5.00. The van der Waals surface area contributed by atoms with Crippen LogP contribution in [0.5, 0.6) is 0 Å². The molecule has 1 aliphatic heterocycles. The SMILES string of the molecule is C=S(C)(=O)c1cccs1.Cc1cccc(-c2cccc3c2/C(=C/c2ccc[nH]2)C(=O)N3)c1. The second-order valence-electron chi connectivity index (χ2n) is 7.67. The molecule has 2 aromatic carbocycles. The molecular formula is C26H24N2O2S2. The van der Waals surface area contributed by atoms with Gasteiger partial charge in [-0.25, -0.2) is 0 Å². The summed E-state index contributed by atoms with van der Waals surface area (Å²) in [6.07, 6.45) is 5.41. The fourth-order valence-electron chi connectivity index (χ4n) is 3.54. The Morgan fingerprint density at radius 3 is 2.47 bits per heavy atom. The number of carbonyl (C=O) groups is 1. The lowest BCUT2D eigenvalue weighted by molar-refractivity contribution is -0.110. The Balaban J connectivity index is 0.000000230. The van der Waals surface area contributed by atoms with Crippen LogP contribution >= 0.6 is 11.3 Å². The van der Waals surface area contributed by atoms with Gasteiger partial charge < -0.3 is 10.3 Å². The van der Waals surface area contributed by atoms with Crippen molar-refractivity contribution in [2.24, 2.45) is 0 Å². The third kappa shape index (κ3) is 4.77. The summed E-state index contributed by atoms with van der Waals surface area (Å²) in [7, 11) is -1.94. The number of aromatic amines is 1. The van der Waals surface area contributed by atoms with Crippen molar-refractivity contribution in [2.45, 2.75) is 11.1 Å². The topological polar surface area (TPSA) is 62.0 Å². The van der Waals surface area contributed by atoms with Gasteiger partial charge in [0, 0.05) is 38.9 Å². The summed E-state index contributed by atoms with van der Waals surface area (Å²) in [4.78, 5) is 15.5. The number of H-pyrrole nitrogens is 1. The number of hydrogen-bond acceptors (Lipinski definition) is 3. The fraction of sp³-hybridized carbons (Fsp3) is 0.0769. The van der Waals surface area contributed by atoms with E-state index in [2.05, 4.69) is 47.4 Å². The Bertz CT molecular complexity index is 1380. The van der Waals surface area contributed by atoms with Crippen LogP contribution in [0.1, 0.15) is 16.8 Å². The van der Waals surface area contributed by atoms with Gasteiger partial charge in [-0.1, -0.05) is 48.0 Å². The van der Waals surface area contributed by atoms with Crippen LogP contribution in [0.15, 0.2) is 82.5 Å². The molecule has 6 heteroatoms. The van der Waals surface area contributed by atoms with Gasteiger partial charge >= 0.3 is 0 Å². The van der Waals surface area contributed by atoms with Crippen molar-refractivity contribution in [3.05, 3.63) is 95.1 Å². The highest BCUT2D eigenvalue weighted by molar-refractivity contribution is 8.01. The molecule has 1 unspecified atom stereocenters. The summed E-state index contributed by atoms with van der Waals surface area (Å²) in [5, 5.41) is 4.87. The maximum Gasteiger partial charge on any atom is 0.256 e. The van der Waals surface area contributed by atoms with Crippen LogP contribution in [0, 0.1) is 6.92 Å². The maximum atomic E-state index is 12.4. The molecule has 0 saturated carbocycles. The summed E-state index contributed by atoms with van der Waals surface area (Å²) in [6.45, 7) is 2.08. The second-order valence-corrected chi connectivity index (χ2v) is 11.3. The second kappa shape index (κ2) is 9.02. The standard InChI is InChI=1S/C20H16N2O.C6H8OS2/c1-13-5-2-6-14(11-13)16-8-3-9-18-19(16)17(20(23)22-18)12-15-7-4-10-21-15;1-9(2,7)6-4-3-5-8-6/h2-12,21H,1H3,(H,22,23);3-5H,1H2,2H3/b17-12-;. The number of nitrogens with one attached hydrogen (secondary N) is 2. The molecule has 0 fully saturated rings. The van der Waals surface area contributed by atoms with Crippen LogP contribution in [0.25, 0.3) is 22.8 Å². The van der Waals surface area contributed by atoms with Gasteiger partial charge in [-0.15, -0.1) is 11.3 Å². The van der Waals surface area contributed by atoms with E-state index < -0.39 is 9.52 Å². The van der Waals surface area contributed by atoms with E-state index in [0.717, 1.165) is 32.3 Å². The van der Waals surface area contributed by atoms with Crippen LogP contribution in [-0.4, -0.2) is 27.2 Å². The number of fused-ring (bicyclic) bond motifs is 1. The van der Waals surface area contributed by atoms with Crippen molar-refractivity contribution in [3.8, 4) is 11.1 Å². The zero-order chi connectivity index (χ0) is 22.7. The highest BCUT2D eigenvalue weighted by atomic mass is 32.2. The molecule has 0 bridgehead atoms. The highest BCUT2D eigenvalue weighted by Gasteiger charge is 2.27. The maximum absolute atomic E-state index is 12.4. The summed E-state index contributed by atoms with van der Waals surface area (Å²) in [6, 6.07) is 21.9. The first-order valence-electron chi connectivity index (χ1n) is 10.1. The van der Waals surface area contributed by atoms with Gasteiger partial charge in [-0.05, 0) is 59.6 Å². The number of carbonyl (C=O) groups excluding carboxylic acids is 1. The number of benzene rings is 2. The lowest BCUT2D eigenvalue weighted by Gasteiger charge is -2.09. The van der Waals surface area contributed by atoms with Crippen LogP contribution in [0.3, 0.4) is 0 Å². The summed E-state index contributed by atoms with van der Waals surface area (Å²) in [5.74, 6) is 3.49. The Kier molecular flexibility index (Phi) is 6.17. The summed E-state index contributed by atoms with van der Waals surface area (Å²) in [5.41, 5.74) is 6.84. The van der Waals surface area contributed by atoms with Crippen molar-refractivity contribution in [2.75, 3.05) is 11.6 Å². The molecule has 3 heterocycles. The Morgan fingerprint density at radius 2 is 1.84 bits per heavy atom. The molecular weight excluding hydrogens is 436 g/mol. The first-order valence-corrected chi connectivity index (χ1v) is 13.1. The third-order valence-corrected chi connectivity index (χ3v) is 7.99. The molecule has 0 aliphatic carbocycles. The van der Waals surface area contributed by atoms with Crippen molar-refractivity contribution in [1.29, 1.82) is 0 Å². The van der Waals surface area contributed by atoms with Gasteiger partial charge in [0.1, 0.15) is 0 Å². The number of anilines is 1. The molecule has 5 rings (SSSR count). The number of aromatic nitrogens is 1. The van der Waals surface area contributed by atoms with E-state index >= 15 is 0 Å². The molecule has 32 heavy (non-hydrogen) atoms. The van der Waals surface area contributed by atoms with Crippen molar-refractivity contribution in [1.82, 2.24) is 4.98 Å². The van der Waals surface area contributed by atoms with Gasteiger partial charge in [-0.3, -0.25) is 9.00 Å². The Hall–Kier alpha value is -3.35. The van der Waals surface area contributed by atoms with E-state index in [1.807, 2.05) is 60.1 Å². The smallest absolute Gasteiger partial charge is 0.256 e. The minimum absolute atomic E-state index is 0.0605. The minimum atomic E-state index is -1.94. The predicted octanol–water partition coefficient (Wildman–Crippen LogP) is 5.94. The minimum Gasteiger partial charge on any atom is -0.362 e. The number of amides is 1. The van der Waals surface area contributed by atoms with Gasteiger partial charge in [0.05, 0.1) is 9.78 Å². The van der Waals surface area contributed by atoms with Crippen molar-refractivity contribution < 1.29 is 9.00 Å². The van der Waals surface area contributed by atoms with Crippen LogP contribution in [0.4, 0.5) is 5.69 Å². The van der Waals surface area contributed by atoms with Crippen molar-refractivity contribution >= 4 is 50.0 Å². The molecule has 2 N–H and O–H groups in total. The van der Waals surface area contributed by atoms with E-state index in [0.29, 0.717) is 5.57 Å². The van der Waals surface area contributed by atoms with E-state index in [1.165, 1.54) is 16.9 Å². The molecule has 4 aromatic rings. The van der Waals surface area contributed by atoms with E-state index in [-0.39, 0.29) is 5.91 Å². The van der Waals surface area contributed by atoms with Crippen LogP contribution in [-0.2, 0) is 14.3 Å². The van der Waals surface area contributed by atoms with Crippen LogP contribution in [0.2, 0.25) is 0 Å². The molecule has 0 radical (unpaired) electrons. The number of rotatable bonds is 3. The van der Waals surface area contributed by atoms with E-state index in [9.17, 15) is 9.00 Å². The zero-order valence-electron chi connectivity index (χ0n) is 17.9. The normalized spacial score (nSPS) is 15.4. The molecule has 4 nitrogen and oxygen atoms in total. The first kappa shape index (κ1) is 21.9. The fourth-order valence-corrected chi connectivity index (χ4v) is 5.34. The lowest BCUT2D eigenvalue weighted by Crippen LogP contribution is -2.03. The first-order chi connectivity index (χ1) is 15.3. The average Bonchev–Trinajstić information content (AvgIpc) is 3.50. The molecule has 1 aliphatic rings. The number of aryl methyl sites for hydroxylation is 1. The van der Waals surface area contributed by atoms with Gasteiger partial charge in [-0.2, -0.15) is 0 Å². The molecule has 162 valence electrons. The van der Waals surface area contributed by atoms with Crippen molar-refractivity contribution in [3.63, 3.8) is 0 Å². The molecule has 2 aromatic heterocycles. The Morgan fingerprint density at radius 1 is 1.03 bits per heavy atom. The summed E-state index contributed by atoms with van der Waals surface area (Å²) >= 11 is 1.49. The van der Waals surface area contributed by atoms with Gasteiger partial charge in [0.15, 0.2) is 0 Å². The summed E-state index contributed by atoms with van der Waals surface area (Å²) < 4.78 is 12.0. The molecule has 1 amide bonds. The lowest BCUT2D eigenvalue weighted by atomic mass is 9.93. The highest BCUT2D eigenvalue weighted by Crippen LogP contribution is 2.40. The number of thiophene rings is 1. The molecule has 0 saturated heterocycles.